The lowest BCUT2D eigenvalue weighted by molar-refractivity contribution is -0.901. The van der Waals surface area contributed by atoms with Crippen LogP contribution in [0.4, 0.5) is 0 Å². The monoisotopic (exact) mass is 367 g/mol. The molecule has 0 aromatic heterocycles. The number of quaternary nitrogens is 1. The van der Waals surface area contributed by atoms with Gasteiger partial charge in [0, 0.05) is 4.47 Å². The molecule has 0 aliphatic carbocycles. The van der Waals surface area contributed by atoms with Crippen LogP contribution in [0.5, 0.6) is 0 Å². The van der Waals surface area contributed by atoms with Crippen LogP contribution in [-0.4, -0.2) is 45.4 Å². The topological polar surface area (TPSA) is 41.8 Å². The number of sulfonamides is 1. The van der Waals surface area contributed by atoms with Crippen LogP contribution >= 0.6 is 27.5 Å². The number of nitrogens with zero attached hydrogens (tertiary/aromatic N) is 1. The number of hydrogen-bond donors (Lipinski definition) is 1. The van der Waals surface area contributed by atoms with E-state index >= 15 is 0 Å². The second-order valence-electron chi connectivity index (χ2n) is 4.58. The molecule has 4 nitrogen and oxygen atoms in total. The minimum absolute atomic E-state index is 0.192. The molecule has 0 amide bonds. The molecule has 7 heteroatoms. The number of nitrogens with one attached hydrogen (secondary N) is 1. The maximum Gasteiger partial charge on any atom is 0.244 e. The van der Waals surface area contributed by atoms with Crippen molar-refractivity contribution in [3.8, 4) is 0 Å². The number of benzene rings is 1. The Morgan fingerprint density at radius 1 is 1.37 bits per heavy atom. The van der Waals surface area contributed by atoms with E-state index in [0.29, 0.717) is 13.1 Å². The fourth-order valence-electron chi connectivity index (χ4n) is 2.22. The third kappa shape index (κ3) is 3.31. The van der Waals surface area contributed by atoms with Gasteiger partial charge in [-0.1, -0.05) is 27.5 Å². The SMILES string of the molecule is CC[NH+]1CCN(S(=O)(=O)c2ccc(Br)cc2Cl)CC1. The lowest BCUT2D eigenvalue weighted by Crippen LogP contribution is -3.14. The van der Waals surface area contributed by atoms with Gasteiger partial charge in [0.25, 0.3) is 0 Å². The van der Waals surface area contributed by atoms with Crippen molar-refractivity contribution in [2.45, 2.75) is 11.8 Å². The lowest BCUT2D eigenvalue weighted by atomic mass is 10.4. The summed E-state index contributed by atoms with van der Waals surface area (Å²) in [6.45, 7) is 5.96. The Morgan fingerprint density at radius 2 is 2.00 bits per heavy atom. The molecule has 1 aromatic rings. The van der Waals surface area contributed by atoms with Crippen molar-refractivity contribution in [3.05, 3.63) is 27.7 Å². The van der Waals surface area contributed by atoms with Gasteiger partial charge >= 0.3 is 0 Å². The van der Waals surface area contributed by atoms with Gasteiger partial charge in [0.1, 0.15) is 4.90 Å². The lowest BCUT2D eigenvalue weighted by Gasteiger charge is -2.31. The van der Waals surface area contributed by atoms with Gasteiger partial charge in [-0.05, 0) is 25.1 Å². The first-order chi connectivity index (χ1) is 8.95. The van der Waals surface area contributed by atoms with E-state index in [0.717, 1.165) is 24.1 Å². The first-order valence-corrected chi connectivity index (χ1v) is 8.85. The van der Waals surface area contributed by atoms with Gasteiger partial charge in [0.15, 0.2) is 0 Å². The molecule has 0 atom stereocenters. The predicted molar refractivity (Wildman–Crippen MR) is 79.1 cm³/mol. The van der Waals surface area contributed by atoms with E-state index in [1.807, 2.05) is 0 Å². The minimum Gasteiger partial charge on any atom is -0.333 e. The molecular formula is C12H17BrClN2O2S+. The summed E-state index contributed by atoms with van der Waals surface area (Å²) < 4.78 is 27.4. The quantitative estimate of drug-likeness (QED) is 0.865. The van der Waals surface area contributed by atoms with Crippen molar-refractivity contribution in [1.29, 1.82) is 0 Å². The highest BCUT2D eigenvalue weighted by Crippen LogP contribution is 2.27. The van der Waals surface area contributed by atoms with Crippen LogP contribution in [-0.2, 0) is 10.0 Å². The molecular weight excluding hydrogens is 352 g/mol. The van der Waals surface area contributed by atoms with E-state index in [1.54, 1.807) is 18.2 Å². The Morgan fingerprint density at radius 3 is 2.53 bits per heavy atom. The molecule has 0 bridgehead atoms. The van der Waals surface area contributed by atoms with E-state index in [4.69, 9.17) is 11.6 Å². The summed E-state index contributed by atoms with van der Waals surface area (Å²) in [6.07, 6.45) is 0. The van der Waals surface area contributed by atoms with Gasteiger partial charge in [-0.15, -0.1) is 0 Å². The summed E-state index contributed by atoms with van der Waals surface area (Å²) in [5.41, 5.74) is 0. The van der Waals surface area contributed by atoms with Gasteiger partial charge < -0.3 is 4.90 Å². The molecule has 19 heavy (non-hydrogen) atoms. The molecule has 1 heterocycles. The Kier molecular flexibility index (Phi) is 4.89. The van der Waals surface area contributed by atoms with Crippen molar-refractivity contribution >= 4 is 37.6 Å². The van der Waals surface area contributed by atoms with Crippen LogP contribution in [0.25, 0.3) is 0 Å². The number of hydrogen-bond acceptors (Lipinski definition) is 2. The van der Waals surface area contributed by atoms with Gasteiger partial charge in [-0.3, -0.25) is 0 Å². The van der Waals surface area contributed by atoms with E-state index in [-0.39, 0.29) is 9.92 Å². The second kappa shape index (κ2) is 6.10. The summed E-state index contributed by atoms with van der Waals surface area (Å²) in [7, 11) is -3.47. The zero-order valence-electron chi connectivity index (χ0n) is 10.7. The van der Waals surface area contributed by atoms with Crippen molar-refractivity contribution in [2.24, 2.45) is 0 Å². The first kappa shape index (κ1) is 15.3. The number of piperazine rings is 1. The largest absolute Gasteiger partial charge is 0.333 e. The highest BCUT2D eigenvalue weighted by atomic mass is 79.9. The first-order valence-electron chi connectivity index (χ1n) is 6.24. The van der Waals surface area contributed by atoms with Crippen LogP contribution in [0, 0.1) is 0 Å². The molecule has 0 spiro atoms. The van der Waals surface area contributed by atoms with Crippen LogP contribution in [0.15, 0.2) is 27.6 Å². The summed E-state index contributed by atoms with van der Waals surface area (Å²) in [5, 5.41) is 0.264. The van der Waals surface area contributed by atoms with Crippen LogP contribution in [0.2, 0.25) is 5.02 Å². The third-order valence-electron chi connectivity index (χ3n) is 3.44. The Balaban J connectivity index is 2.23. The second-order valence-corrected chi connectivity index (χ2v) is 7.81. The average Bonchev–Trinajstić information content (AvgIpc) is 2.38. The van der Waals surface area contributed by atoms with Gasteiger partial charge in [-0.25, -0.2) is 8.42 Å². The van der Waals surface area contributed by atoms with Crippen molar-refractivity contribution in [2.75, 3.05) is 32.7 Å². The molecule has 0 unspecified atom stereocenters. The van der Waals surface area contributed by atoms with Crippen LogP contribution in [0.3, 0.4) is 0 Å². The van der Waals surface area contributed by atoms with E-state index in [2.05, 4.69) is 22.9 Å². The molecule has 1 fully saturated rings. The normalized spacial score (nSPS) is 18.7. The van der Waals surface area contributed by atoms with Crippen LogP contribution in [0.1, 0.15) is 6.92 Å². The average molecular weight is 369 g/mol. The number of halogens is 2. The number of likely N-dealkylation sites (N-methyl/N-ethyl adjacent to an activating group) is 1. The summed E-state index contributed by atoms with van der Waals surface area (Å²) >= 11 is 9.33. The van der Waals surface area contributed by atoms with Crippen LogP contribution < -0.4 is 4.90 Å². The van der Waals surface area contributed by atoms with Crippen molar-refractivity contribution in [3.63, 3.8) is 0 Å². The summed E-state index contributed by atoms with van der Waals surface area (Å²) in [4.78, 5) is 1.63. The summed E-state index contributed by atoms with van der Waals surface area (Å²) in [6, 6.07) is 4.87. The fraction of sp³-hybridized carbons (Fsp3) is 0.500. The van der Waals surface area contributed by atoms with E-state index in [1.165, 1.54) is 9.21 Å². The van der Waals surface area contributed by atoms with Crippen molar-refractivity contribution in [1.82, 2.24) is 4.31 Å². The zero-order chi connectivity index (χ0) is 14.0. The molecule has 1 aromatic carbocycles. The number of rotatable bonds is 3. The molecule has 1 aliphatic rings. The molecule has 2 rings (SSSR count). The third-order valence-corrected chi connectivity index (χ3v) is 6.32. The fourth-order valence-corrected chi connectivity index (χ4v) is 4.67. The smallest absolute Gasteiger partial charge is 0.244 e. The van der Waals surface area contributed by atoms with Gasteiger partial charge in [0.2, 0.25) is 10.0 Å². The molecule has 1 saturated heterocycles. The highest BCUT2D eigenvalue weighted by Gasteiger charge is 2.31. The van der Waals surface area contributed by atoms with E-state index in [9.17, 15) is 8.42 Å². The molecule has 106 valence electrons. The van der Waals surface area contributed by atoms with Crippen molar-refractivity contribution < 1.29 is 13.3 Å². The minimum atomic E-state index is -3.47. The highest BCUT2D eigenvalue weighted by molar-refractivity contribution is 9.10. The van der Waals surface area contributed by atoms with Gasteiger partial charge in [0.05, 0.1) is 37.7 Å². The Bertz CT molecular complexity index is 557. The zero-order valence-corrected chi connectivity index (χ0v) is 13.9. The Labute approximate surface area is 127 Å². The maximum atomic E-state index is 12.5. The molecule has 1 N–H and O–H groups in total. The molecule has 1 aliphatic heterocycles. The van der Waals surface area contributed by atoms with E-state index < -0.39 is 10.0 Å². The summed E-state index contributed by atoms with van der Waals surface area (Å²) in [5.74, 6) is 0. The van der Waals surface area contributed by atoms with Gasteiger partial charge in [-0.2, -0.15) is 4.31 Å². The predicted octanol–water partition coefficient (Wildman–Crippen LogP) is 1.01. The molecule has 0 radical (unpaired) electrons. The Hall–Kier alpha value is -0.140. The molecule has 0 saturated carbocycles. The maximum absolute atomic E-state index is 12.5. The standard InChI is InChI=1S/C12H16BrClN2O2S/c1-2-15-5-7-16(8-6-15)19(17,18)12-4-3-10(13)9-11(12)14/h3-4,9H,2,5-8H2,1H3/p+1.